The van der Waals surface area contributed by atoms with Crippen molar-refractivity contribution < 1.29 is 9.47 Å². The average molecular weight is 367 g/mol. The first kappa shape index (κ1) is 18.5. The van der Waals surface area contributed by atoms with Crippen LogP contribution in [0.4, 0.5) is 0 Å². The van der Waals surface area contributed by atoms with E-state index in [0.717, 1.165) is 71.3 Å². The minimum atomic E-state index is 0.167. The van der Waals surface area contributed by atoms with Crippen molar-refractivity contribution in [3.63, 3.8) is 0 Å². The highest BCUT2D eigenvalue weighted by Crippen LogP contribution is 2.34. The monoisotopic (exact) mass is 366 g/mol. The fourth-order valence-electron chi connectivity index (χ4n) is 4.25. The maximum Gasteiger partial charge on any atom is 0.119 e. The second-order valence-corrected chi connectivity index (χ2v) is 7.73. The topological polar surface area (TPSA) is 24.9 Å². The van der Waals surface area contributed by atoms with E-state index in [1.165, 1.54) is 5.56 Å². The Labute approximate surface area is 162 Å². The number of benzene rings is 2. The first-order valence-electron chi connectivity index (χ1n) is 10.1. The van der Waals surface area contributed by atoms with E-state index in [9.17, 15) is 0 Å². The third kappa shape index (κ3) is 4.70. The molecule has 4 rings (SSSR count). The third-order valence-corrected chi connectivity index (χ3v) is 5.90. The van der Waals surface area contributed by atoms with Gasteiger partial charge in [-0.15, -0.1) is 0 Å². The van der Waals surface area contributed by atoms with Crippen molar-refractivity contribution >= 4 is 0 Å². The van der Waals surface area contributed by atoms with Gasteiger partial charge in [-0.3, -0.25) is 9.80 Å². The molecule has 144 valence electrons. The van der Waals surface area contributed by atoms with Gasteiger partial charge in [0.2, 0.25) is 0 Å². The van der Waals surface area contributed by atoms with E-state index < -0.39 is 0 Å². The van der Waals surface area contributed by atoms with Crippen molar-refractivity contribution in [2.45, 2.75) is 11.8 Å². The third-order valence-electron chi connectivity index (χ3n) is 5.90. The summed E-state index contributed by atoms with van der Waals surface area (Å²) in [6, 6.07) is 21.0. The van der Waals surface area contributed by atoms with Gasteiger partial charge in [0, 0.05) is 51.3 Å². The smallest absolute Gasteiger partial charge is 0.119 e. The summed E-state index contributed by atoms with van der Waals surface area (Å²) >= 11 is 0. The number of rotatable bonds is 7. The fourth-order valence-corrected chi connectivity index (χ4v) is 4.25. The van der Waals surface area contributed by atoms with Crippen LogP contribution in [0.25, 0.3) is 0 Å². The van der Waals surface area contributed by atoms with Gasteiger partial charge in [0.25, 0.3) is 0 Å². The van der Waals surface area contributed by atoms with Crippen molar-refractivity contribution in [3.05, 3.63) is 66.2 Å². The Morgan fingerprint density at radius 2 is 1.52 bits per heavy atom. The number of piperazine rings is 1. The van der Waals surface area contributed by atoms with Gasteiger partial charge in [0.15, 0.2) is 0 Å². The van der Waals surface area contributed by atoms with Crippen molar-refractivity contribution in [1.29, 1.82) is 0 Å². The van der Waals surface area contributed by atoms with Crippen LogP contribution < -0.4 is 4.74 Å². The molecule has 0 amide bonds. The van der Waals surface area contributed by atoms with Crippen molar-refractivity contribution in [2.24, 2.45) is 0 Å². The van der Waals surface area contributed by atoms with Crippen molar-refractivity contribution in [3.8, 4) is 5.75 Å². The molecule has 2 saturated heterocycles. The molecule has 4 nitrogen and oxygen atoms in total. The van der Waals surface area contributed by atoms with E-state index in [1.807, 2.05) is 30.3 Å². The van der Waals surface area contributed by atoms with Crippen LogP contribution in [0.15, 0.2) is 60.7 Å². The minimum absolute atomic E-state index is 0.167. The van der Waals surface area contributed by atoms with E-state index in [-0.39, 0.29) is 5.41 Å². The maximum absolute atomic E-state index is 5.85. The van der Waals surface area contributed by atoms with E-state index in [0.29, 0.717) is 0 Å². The normalized spacial score (nSPS) is 24.1. The quantitative estimate of drug-likeness (QED) is 0.752. The molecule has 2 heterocycles. The van der Waals surface area contributed by atoms with Gasteiger partial charge >= 0.3 is 0 Å². The van der Waals surface area contributed by atoms with E-state index in [2.05, 4.69) is 40.1 Å². The number of hydrogen-bond donors (Lipinski definition) is 0. The number of nitrogens with zero attached hydrogens (tertiary/aromatic N) is 2. The fraction of sp³-hybridized carbons (Fsp3) is 0.478. The molecule has 2 aromatic rings. The summed E-state index contributed by atoms with van der Waals surface area (Å²) in [6.07, 6.45) is 1.13. The van der Waals surface area contributed by atoms with Gasteiger partial charge in [-0.25, -0.2) is 0 Å². The molecule has 0 N–H and O–H groups in total. The Morgan fingerprint density at radius 1 is 0.852 bits per heavy atom. The lowest BCUT2D eigenvalue weighted by Crippen LogP contribution is -2.51. The predicted octanol–water partition coefficient (Wildman–Crippen LogP) is 3.04. The molecular weight excluding hydrogens is 336 g/mol. The zero-order valence-electron chi connectivity index (χ0n) is 16.1. The lowest BCUT2D eigenvalue weighted by molar-refractivity contribution is 0.0910. The van der Waals surface area contributed by atoms with Crippen molar-refractivity contribution in [1.82, 2.24) is 9.80 Å². The Kier molecular flexibility index (Phi) is 6.07. The van der Waals surface area contributed by atoms with Crippen LogP contribution in [0.2, 0.25) is 0 Å². The van der Waals surface area contributed by atoms with Crippen LogP contribution in [0.1, 0.15) is 12.0 Å². The summed E-state index contributed by atoms with van der Waals surface area (Å²) in [7, 11) is 0. The van der Waals surface area contributed by atoms with Gasteiger partial charge in [-0.05, 0) is 24.1 Å². The van der Waals surface area contributed by atoms with E-state index in [1.54, 1.807) is 0 Å². The average Bonchev–Trinajstić information content (AvgIpc) is 3.21. The number of para-hydroxylation sites is 1. The highest BCUT2D eigenvalue weighted by molar-refractivity contribution is 5.27. The van der Waals surface area contributed by atoms with Gasteiger partial charge in [-0.1, -0.05) is 48.5 Å². The Balaban J connectivity index is 1.25. The first-order chi connectivity index (χ1) is 13.3. The maximum atomic E-state index is 5.85. The van der Waals surface area contributed by atoms with Crippen LogP contribution in [0.3, 0.4) is 0 Å². The summed E-state index contributed by atoms with van der Waals surface area (Å²) in [5.41, 5.74) is 1.60. The largest absolute Gasteiger partial charge is 0.492 e. The predicted molar refractivity (Wildman–Crippen MR) is 108 cm³/mol. The highest BCUT2D eigenvalue weighted by Gasteiger charge is 2.38. The molecule has 0 radical (unpaired) electrons. The van der Waals surface area contributed by atoms with Crippen LogP contribution in [0, 0.1) is 0 Å². The summed E-state index contributed by atoms with van der Waals surface area (Å²) in [4.78, 5) is 5.13. The van der Waals surface area contributed by atoms with Crippen LogP contribution in [-0.2, 0) is 10.2 Å². The second kappa shape index (κ2) is 8.87. The molecule has 0 spiro atoms. The molecule has 2 fully saturated rings. The Bertz CT molecular complexity index is 678. The van der Waals surface area contributed by atoms with Crippen LogP contribution >= 0.6 is 0 Å². The van der Waals surface area contributed by atoms with Gasteiger partial charge < -0.3 is 9.47 Å². The molecule has 4 heteroatoms. The van der Waals surface area contributed by atoms with Crippen LogP contribution in [0.5, 0.6) is 5.75 Å². The standard InChI is InChI=1S/C23H30N2O2/c1-3-7-21(8-4-1)23(11-17-26-20-23)19-25-14-12-24(13-15-25)16-18-27-22-9-5-2-6-10-22/h1-10H,11-20H2/t23-/m1/s1. The molecule has 1 atom stereocenters. The van der Waals surface area contributed by atoms with E-state index in [4.69, 9.17) is 9.47 Å². The SMILES string of the molecule is c1ccc(OCCN2CCN(C[C@]3(c4ccccc4)CCOC3)CC2)cc1. The van der Waals surface area contributed by atoms with Gasteiger partial charge in [0.05, 0.1) is 6.61 Å². The lowest BCUT2D eigenvalue weighted by Gasteiger charge is -2.40. The molecule has 0 saturated carbocycles. The minimum Gasteiger partial charge on any atom is -0.492 e. The van der Waals surface area contributed by atoms with Crippen molar-refractivity contribution in [2.75, 3.05) is 59.1 Å². The molecule has 2 aliphatic rings. The zero-order chi connectivity index (χ0) is 18.4. The number of ether oxygens (including phenoxy) is 2. The highest BCUT2D eigenvalue weighted by atomic mass is 16.5. The second-order valence-electron chi connectivity index (χ2n) is 7.73. The molecule has 2 aromatic carbocycles. The molecule has 0 bridgehead atoms. The molecule has 2 aliphatic heterocycles. The molecule has 27 heavy (non-hydrogen) atoms. The Morgan fingerprint density at radius 3 is 2.19 bits per heavy atom. The Hall–Kier alpha value is -1.88. The zero-order valence-corrected chi connectivity index (χ0v) is 16.1. The summed E-state index contributed by atoms with van der Waals surface area (Å²) < 4.78 is 11.7. The lowest BCUT2D eigenvalue weighted by atomic mass is 9.79. The summed E-state index contributed by atoms with van der Waals surface area (Å²) in [6.45, 7) is 9.06. The van der Waals surface area contributed by atoms with Gasteiger partial charge in [0.1, 0.15) is 12.4 Å². The summed E-state index contributed by atoms with van der Waals surface area (Å²) in [5, 5.41) is 0. The molecule has 0 aromatic heterocycles. The van der Waals surface area contributed by atoms with Gasteiger partial charge in [-0.2, -0.15) is 0 Å². The van der Waals surface area contributed by atoms with Crippen LogP contribution in [-0.4, -0.2) is 68.9 Å². The summed E-state index contributed by atoms with van der Waals surface area (Å²) in [5.74, 6) is 0.960. The number of hydrogen-bond acceptors (Lipinski definition) is 4. The van der Waals surface area contributed by atoms with E-state index >= 15 is 0 Å². The molecule has 0 unspecified atom stereocenters. The molecular formula is C23H30N2O2. The molecule has 0 aliphatic carbocycles. The first-order valence-corrected chi connectivity index (χ1v) is 10.1.